The van der Waals surface area contributed by atoms with Gasteiger partial charge in [-0.3, -0.25) is 4.79 Å². The Bertz CT molecular complexity index is 365. The van der Waals surface area contributed by atoms with Crippen LogP contribution in [0, 0.1) is 10.8 Å². The van der Waals surface area contributed by atoms with E-state index in [1.54, 1.807) is 0 Å². The standard InChI is InChI=1S/C18H34N2O/c1-16(2)10-14(11-17(3,4)13-16)20-15(21)12-18(19)8-6-5-7-9-18/h14H,5-13,19H2,1-4H3,(H,20,21). The van der Waals surface area contributed by atoms with E-state index in [1.807, 2.05) is 0 Å². The fraction of sp³-hybridized carbons (Fsp3) is 0.944. The van der Waals surface area contributed by atoms with Crippen LogP contribution in [-0.2, 0) is 4.79 Å². The number of hydrogen-bond donors (Lipinski definition) is 2. The fourth-order valence-corrected chi connectivity index (χ4v) is 4.98. The first kappa shape index (κ1) is 16.8. The van der Waals surface area contributed by atoms with Gasteiger partial charge in [-0.15, -0.1) is 0 Å². The van der Waals surface area contributed by atoms with Gasteiger partial charge in [-0.1, -0.05) is 47.0 Å². The van der Waals surface area contributed by atoms with Crippen LogP contribution in [-0.4, -0.2) is 17.5 Å². The zero-order valence-electron chi connectivity index (χ0n) is 14.4. The van der Waals surface area contributed by atoms with Gasteiger partial charge < -0.3 is 11.1 Å². The van der Waals surface area contributed by atoms with E-state index in [1.165, 1.54) is 25.7 Å². The molecule has 3 N–H and O–H groups in total. The van der Waals surface area contributed by atoms with Gasteiger partial charge in [0.05, 0.1) is 0 Å². The van der Waals surface area contributed by atoms with Crippen LogP contribution in [0.3, 0.4) is 0 Å². The zero-order chi connectivity index (χ0) is 15.7. The summed E-state index contributed by atoms with van der Waals surface area (Å²) in [5.41, 5.74) is 6.78. The Balaban J connectivity index is 1.90. The minimum absolute atomic E-state index is 0.165. The predicted octanol–water partition coefficient (Wildman–Crippen LogP) is 3.76. The molecule has 2 rings (SSSR count). The van der Waals surface area contributed by atoms with Crippen LogP contribution in [0.15, 0.2) is 0 Å². The molecule has 1 amide bonds. The molecule has 0 aromatic rings. The Kier molecular flexibility index (Phi) is 4.72. The quantitative estimate of drug-likeness (QED) is 0.832. The second-order valence-corrected chi connectivity index (χ2v) is 9.28. The van der Waals surface area contributed by atoms with Crippen molar-refractivity contribution in [3.8, 4) is 0 Å². The van der Waals surface area contributed by atoms with Crippen molar-refractivity contribution in [3.05, 3.63) is 0 Å². The molecule has 0 aromatic carbocycles. The third-order valence-corrected chi connectivity index (χ3v) is 5.28. The van der Waals surface area contributed by atoms with Crippen LogP contribution in [0.25, 0.3) is 0 Å². The molecule has 2 aliphatic carbocycles. The number of hydrogen-bond acceptors (Lipinski definition) is 2. The summed E-state index contributed by atoms with van der Waals surface area (Å²) in [5, 5.41) is 3.28. The normalized spacial score (nSPS) is 28.0. The summed E-state index contributed by atoms with van der Waals surface area (Å²) < 4.78 is 0. The van der Waals surface area contributed by atoms with E-state index >= 15 is 0 Å². The summed E-state index contributed by atoms with van der Waals surface area (Å²) in [4.78, 5) is 12.4. The molecule has 3 heteroatoms. The molecule has 0 spiro atoms. The minimum Gasteiger partial charge on any atom is -0.353 e. The van der Waals surface area contributed by atoms with Crippen LogP contribution >= 0.6 is 0 Å². The van der Waals surface area contributed by atoms with Crippen molar-refractivity contribution >= 4 is 5.91 Å². The highest BCUT2D eigenvalue weighted by atomic mass is 16.1. The summed E-state index contributed by atoms with van der Waals surface area (Å²) in [6.45, 7) is 9.27. The lowest BCUT2D eigenvalue weighted by molar-refractivity contribution is -0.124. The molecule has 122 valence electrons. The van der Waals surface area contributed by atoms with Gasteiger partial charge in [0.25, 0.3) is 0 Å². The van der Waals surface area contributed by atoms with E-state index in [0.29, 0.717) is 23.3 Å². The number of carbonyl (C=O) groups is 1. The number of carbonyl (C=O) groups excluding carboxylic acids is 1. The molecular formula is C18H34N2O. The van der Waals surface area contributed by atoms with Gasteiger partial charge in [-0.25, -0.2) is 0 Å². The molecule has 0 aromatic heterocycles. The van der Waals surface area contributed by atoms with Gasteiger partial charge >= 0.3 is 0 Å². The van der Waals surface area contributed by atoms with Gasteiger partial charge in [0.2, 0.25) is 5.91 Å². The Morgan fingerprint density at radius 3 is 2.10 bits per heavy atom. The molecule has 3 nitrogen and oxygen atoms in total. The largest absolute Gasteiger partial charge is 0.353 e. The second kappa shape index (κ2) is 5.91. The Hall–Kier alpha value is -0.570. The topological polar surface area (TPSA) is 55.1 Å². The highest BCUT2D eigenvalue weighted by Gasteiger charge is 2.39. The molecule has 0 saturated heterocycles. The molecule has 21 heavy (non-hydrogen) atoms. The summed E-state index contributed by atoms with van der Waals surface area (Å²) >= 11 is 0. The molecule has 0 radical (unpaired) electrons. The molecule has 0 bridgehead atoms. The monoisotopic (exact) mass is 294 g/mol. The van der Waals surface area contributed by atoms with Crippen molar-refractivity contribution in [2.24, 2.45) is 16.6 Å². The fourth-order valence-electron chi connectivity index (χ4n) is 4.98. The van der Waals surface area contributed by atoms with Crippen LogP contribution in [0.2, 0.25) is 0 Å². The van der Waals surface area contributed by atoms with E-state index in [2.05, 4.69) is 33.0 Å². The maximum Gasteiger partial charge on any atom is 0.222 e. The van der Waals surface area contributed by atoms with E-state index in [9.17, 15) is 4.79 Å². The first-order valence-electron chi connectivity index (χ1n) is 8.68. The first-order chi connectivity index (χ1) is 9.59. The van der Waals surface area contributed by atoms with Gasteiger partial charge in [0.1, 0.15) is 0 Å². The molecular weight excluding hydrogens is 260 g/mol. The highest BCUT2D eigenvalue weighted by molar-refractivity contribution is 5.77. The summed E-state index contributed by atoms with van der Waals surface area (Å²) in [6, 6.07) is 0.309. The molecule has 2 saturated carbocycles. The van der Waals surface area contributed by atoms with Crippen LogP contribution in [0.4, 0.5) is 0 Å². The molecule has 2 aliphatic rings. The number of nitrogens with two attached hydrogens (primary N) is 1. The predicted molar refractivity (Wildman–Crippen MR) is 88.0 cm³/mol. The van der Waals surface area contributed by atoms with Crippen LogP contribution < -0.4 is 11.1 Å². The Labute approximate surface area is 130 Å². The Morgan fingerprint density at radius 1 is 1.05 bits per heavy atom. The van der Waals surface area contributed by atoms with E-state index in [0.717, 1.165) is 25.7 Å². The number of amides is 1. The smallest absolute Gasteiger partial charge is 0.222 e. The van der Waals surface area contributed by atoms with Gasteiger partial charge in [0, 0.05) is 18.0 Å². The van der Waals surface area contributed by atoms with Gasteiger partial charge in [-0.05, 0) is 42.9 Å². The van der Waals surface area contributed by atoms with Gasteiger partial charge in [-0.2, -0.15) is 0 Å². The lowest BCUT2D eigenvalue weighted by atomic mass is 9.63. The van der Waals surface area contributed by atoms with Crippen molar-refractivity contribution < 1.29 is 4.79 Å². The van der Waals surface area contributed by atoms with Crippen molar-refractivity contribution in [1.82, 2.24) is 5.32 Å². The van der Waals surface area contributed by atoms with Gasteiger partial charge in [0.15, 0.2) is 0 Å². The van der Waals surface area contributed by atoms with Crippen molar-refractivity contribution in [2.75, 3.05) is 0 Å². The van der Waals surface area contributed by atoms with E-state index in [-0.39, 0.29) is 11.4 Å². The Morgan fingerprint density at radius 2 is 1.57 bits per heavy atom. The molecule has 0 atom stereocenters. The number of rotatable bonds is 3. The summed E-state index contributed by atoms with van der Waals surface area (Å²) in [6.07, 6.45) is 9.52. The van der Waals surface area contributed by atoms with Crippen molar-refractivity contribution in [2.45, 2.75) is 97.1 Å². The molecule has 0 unspecified atom stereocenters. The number of nitrogens with one attached hydrogen (secondary N) is 1. The lowest BCUT2D eigenvalue weighted by Gasteiger charge is -2.45. The first-order valence-corrected chi connectivity index (χ1v) is 8.68. The zero-order valence-corrected chi connectivity index (χ0v) is 14.4. The molecule has 0 aliphatic heterocycles. The lowest BCUT2D eigenvalue weighted by Crippen LogP contribution is -2.50. The highest BCUT2D eigenvalue weighted by Crippen LogP contribution is 2.45. The van der Waals surface area contributed by atoms with Crippen LogP contribution in [0.1, 0.15) is 85.5 Å². The third-order valence-electron chi connectivity index (χ3n) is 5.28. The summed E-state index contributed by atoms with van der Waals surface area (Å²) in [5.74, 6) is 0.165. The summed E-state index contributed by atoms with van der Waals surface area (Å²) in [7, 11) is 0. The maximum atomic E-state index is 12.4. The third kappa shape index (κ3) is 4.98. The van der Waals surface area contributed by atoms with Crippen molar-refractivity contribution in [1.29, 1.82) is 0 Å². The second-order valence-electron chi connectivity index (χ2n) is 9.28. The molecule has 2 fully saturated rings. The SMILES string of the molecule is CC1(C)CC(NC(=O)CC2(N)CCCCC2)CC(C)(C)C1. The van der Waals surface area contributed by atoms with Crippen LogP contribution in [0.5, 0.6) is 0 Å². The molecule has 0 heterocycles. The maximum absolute atomic E-state index is 12.4. The average Bonchev–Trinajstić information content (AvgIpc) is 2.23. The average molecular weight is 294 g/mol. The minimum atomic E-state index is -0.248. The van der Waals surface area contributed by atoms with Crippen molar-refractivity contribution in [3.63, 3.8) is 0 Å². The van der Waals surface area contributed by atoms with E-state index in [4.69, 9.17) is 5.73 Å². The van der Waals surface area contributed by atoms with E-state index < -0.39 is 0 Å².